The SMILES string of the molecule is Cc1ccc(-c2cc(-c3ccc(-c4ccccn4)nc3)cc(-c3nc(-c4ccccc4)nc(-c4ccccc4)n3)c2)cc1. The maximum absolute atomic E-state index is 4.99. The van der Waals surface area contributed by atoms with E-state index in [9.17, 15) is 0 Å². The van der Waals surface area contributed by atoms with Gasteiger partial charge in [-0.2, -0.15) is 0 Å². The first-order valence-corrected chi connectivity index (χ1v) is 14.2. The molecule has 43 heavy (non-hydrogen) atoms. The summed E-state index contributed by atoms with van der Waals surface area (Å²) in [7, 11) is 0. The number of rotatable bonds is 6. The molecular weight excluding hydrogens is 526 g/mol. The highest BCUT2D eigenvalue weighted by Gasteiger charge is 2.15. The van der Waals surface area contributed by atoms with Gasteiger partial charge >= 0.3 is 0 Å². The van der Waals surface area contributed by atoms with Crippen molar-refractivity contribution in [1.82, 2.24) is 24.9 Å². The van der Waals surface area contributed by atoms with Gasteiger partial charge in [-0.3, -0.25) is 9.97 Å². The summed E-state index contributed by atoms with van der Waals surface area (Å²) in [5, 5.41) is 0. The van der Waals surface area contributed by atoms with Gasteiger partial charge in [0.25, 0.3) is 0 Å². The van der Waals surface area contributed by atoms with Crippen molar-refractivity contribution < 1.29 is 0 Å². The molecule has 0 bridgehead atoms. The number of aromatic nitrogens is 5. The van der Waals surface area contributed by atoms with E-state index in [0.717, 1.165) is 50.3 Å². The molecule has 0 radical (unpaired) electrons. The summed E-state index contributed by atoms with van der Waals surface area (Å²) < 4.78 is 0. The Kier molecular flexibility index (Phi) is 7.04. The topological polar surface area (TPSA) is 64.5 Å². The van der Waals surface area contributed by atoms with Crippen LogP contribution in [0.1, 0.15) is 5.56 Å². The molecule has 0 aliphatic carbocycles. The van der Waals surface area contributed by atoms with Crippen molar-refractivity contribution in [2.24, 2.45) is 0 Å². The highest BCUT2D eigenvalue weighted by Crippen LogP contribution is 2.33. The molecule has 0 unspecified atom stereocenters. The lowest BCUT2D eigenvalue weighted by Gasteiger charge is -2.13. The molecule has 0 spiro atoms. The molecule has 3 heterocycles. The lowest BCUT2D eigenvalue weighted by molar-refractivity contribution is 1.07. The Hall–Kier alpha value is -5.81. The summed E-state index contributed by atoms with van der Waals surface area (Å²) in [6.45, 7) is 2.10. The van der Waals surface area contributed by atoms with E-state index in [2.05, 4.69) is 60.4 Å². The van der Waals surface area contributed by atoms with Crippen LogP contribution in [0, 0.1) is 6.92 Å². The number of hydrogen-bond acceptors (Lipinski definition) is 5. The van der Waals surface area contributed by atoms with Crippen LogP contribution in [0.3, 0.4) is 0 Å². The van der Waals surface area contributed by atoms with E-state index in [1.165, 1.54) is 5.56 Å². The van der Waals surface area contributed by atoms with Crippen LogP contribution < -0.4 is 0 Å². The van der Waals surface area contributed by atoms with Gasteiger partial charge in [-0.15, -0.1) is 0 Å². The van der Waals surface area contributed by atoms with Crippen LogP contribution in [0.25, 0.3) is 67.8 Å². The Bertz CT molecular complexity index is 1930. The van der Waals surface area contributed by atoms with Crippen molar-refractivity contribution in [3.63, 3.8) is 0 Å². The van der Waals surface area contributed by atoms with Crippen molar-refractivity contribution >= 4 is 0 Å². The molecule has 204 valence electrons. The molecule has 7 aromatic rings. The molecule has 0 saturated heterocycles. The zero-order chi connectivity index (χ0) is 29.0. The van der Waals surface area contributed by atoms with E-state index in [-0.39, 0.29) is 0 Å². The van der Waals surface area contributed by atoms with Crippen LogP contribution >= 0.6 is 0 Å². The van der Waals surface area contributed by atoms with E-state index in [4.69, 9.17) is 19.9 Å². The largest absolute Gasteiger partial charge is 0.255 e. The lowest BCUT2D eigenvalue weighted by atomic mass is 9.95. The van der Waals surface area contributed by atoms with E-state index in [0.29, 0.717) is 17.5 Å². The first-order valence-electron chi connectivity index (χ1n) is 14.2. The lowest BCUT2D eigenvalue weighted by Crippen LogP contribution is -2.00. The van der Waals surface area contributed by atoms with E-state index in [1.54, 1.807) is 6.20 Å². The minimum atomic E-state index is 0.612. The quantitative estimate of drug-likeness (QED) is 0.206. The molecule has 0 fully saturated rings. The summed E-state index contributed by atoms with van der Waals surface area (Å²) in [6, 6.07) is 45.1. The number of nitrogens with zero attached hydrogens (tertiary/aromatic N) is 5. The molecule has 4 aromatic carbocycles. The molecule has 0 aliphatic rings. The van der Waals surface area contributed by atoms with Crippen LogP contribution in [0.4, 0.5) is 0 Å². The summed E-state index contributed by atoms with van der Waals surface area (Å²) >= 11 is 0. The third kappa shape index (κ3) is 5.69. The molecule has 0 atom stereocenters. The predicted octanol–water partition coefficient (Wildman–Crippen LogP) is 8.97. The number of pyridine rings is 2. The Morgan fingerprint density at radius 1 is 0.372 bits per heavy atom. The molecule has 5 nitrogen and oxygen atoms in total. The monoisotopic (exact) mass is 553 g/mol. The second-order valence-corrected chi connectivity index (χ2v) is 10.4. The van der Waals surface area contributed by atoms with Crippen molar-refractivity contribution in [2.45, 2.75) is 6.92 Å². The van der Waals surface area contributed by atoms with Gasteiger partial charge < -0.3 is 0 Å². The van der Waals surface area contributed by atoms with E-state index < -0.39 is 0 Å². The summed E-state index contributed by atoms with van der Waals surface area (Å²) in [4.78, 5) is 24.0. The maximum Gasteiger partial charge on any atom is 0.164 e. The fraction of sp³-hybridized carbons (Fsp3) is 0.0263. The fourth-order valence-electron chi connectivity index (χ4n) is 5.00. The molecule has 5 heteroatoms. The third-order valence-electron chi connectivity index (χ3n) is 7.30. The van der Waals surface area contributed by atoms with Gasteiger partial charge in [-0.05, 0) is 60.0 Å². The second-order valence-electron chi connectivity index (χ2n) is 10.4. The van der Waals surface area contributed by atoms with Gasteiger partial charge in [0.15, 0.2) is 17.5 Å². The predicted molar refractivity (Wildman–Crippen MR) is 173 cm³/mol. The van der Waals surface area contributed by atoms with Crippen LogP contribution in [0.15, 0.2) is 146 Å². The first-order chi connectivity index (χ1) is 21.2. The van der Waals surface area contributed by atoms with Crippen LogP contribution in [-0.2, 0) is 0 Å². The van der Waals surface area contributed by atoms with Crippen LogP contribution in [0.2, 0.25) is 0 Å². The van der Waals surface area contributed by atoms with Crippen LogP contribution in [0.5, 0.6) is 0 Å². The molecule has 0 amide bonds. The average molecular weight is 554 g/mol. The van der Waals surface area contributed by atoms with Gasteiger partial charge in [-0.1, -0.05) is 103 Å². The number of benzene rings is 4. The number of aryl methyl sites for hydroxylation is 1. The Morgan fingerprint density at radius 2 is 0.884 bits per heavy atom. The Labute approximate surface area is 250 Å². The van der Waals surface area contributed by atoms with Gasteiger partial charge in [-0.25, -0.2) is 15.0 Å². The van der Waals surface area contributed by atoms with Gasteiger partial charge in [0.1, 0.15) is 0 Å². The van der Waals surface area contributed by atoms with Crippen molar-refractivity contribution in [1.29, 1.82) is 0 Å². The third-order valence-corrected chi connectivity index (χ3v) is 7.30. The van der Waals surface area contributed by atoms with Crippen LogP contribution in [-0.4, -0.2) is 24.9 Å². The van der Waals surface area contributed by atoms with Gasteiger partial charge in [0.2, 0.25) is 0 Å². The second kappa shape index (κ2) is 11.6. The summed E-state index contributed by atoms with van der Waals surface area (Å²) in [6.07, 6.45) is 3.69. The minimum absolute atomic E-state index is 0.612. The smallest absolute Gasteiger partial charge is 0.164 e. The molecule has 0 aliphatic heterocycles. The standard InChI is InChI=1S/C38H27N5/c1-26-15-17-27(18-16-26)31-22-32(30-19-20-35(40-25-30)34-14-8-9-21-39-34)24-33(23-31)38-42-36(28-10-4-2-5-11-28)41-37(43-38)29-12-6-3-7-13-29/h2-25H,1H3. The highest BCUT2D eigenvalue weighted by atomic mass is 15.0. The molecule has 3 aromatic heterocycles. The minimum Gasteiger partial charge on any atom is -0.255 e. The molecule has 0 N–H and O–H groups in total. The molecule has 0 saturated carbocycles. The van der Waals surface area contributed by atoms with E-state index >= 15 is 0 Å². The summed E-state index contributed by atoms with van der Waals surface area (Å²) in [5.41, 5.74) is 9.88. The number of hydrogen-bond donors (Lipinski definition) is 0. The zero-order valence-corrected chi connectivity index (χ0v) is 23.6. The Morgan fingerprint density at radius 3 is 1.44 bits per heavy atom. The van der Waals surface area contributed by atoms with Gasteiger partial charge in [0.05, 0.1) is 11.4 Å². The van der Waals surface area contributed by atoms with E-state index in [1.807, 2.05) is 91.1 Å². The highest BCUT2D eigenvalue weighted by molar-refractivity contribution is 5.80. The zero-order valence-electron chi connectivity index (χ0n) is 23.6. The van der Waals surface area contributed by atoms with Crippen molar-refractivity contribution in [2.75, 3.05) is 0 Å². The average Bonchev–Trinajstić information content (AvgIpc) is 3.09. The fourth-order valence-corrected chi connectivity index (χ4v) is 5.00. The first kappa shape index (κ1) is 26.1. The molecule has 7 rings (SSSR count). The van der Waals surface area contributed by atoms with Gasteiger partial charge in [0, 0.05) is 34.6 Å². The van der Waals surface area contributed by atoms with Crippen molar-refractivity contribution in [3.05, 3.63) is 151 Å². The normalized spacial score (nSPS) is 10.9. The Balaban J connectivity index is 1.40. The summed E-state index contributed by atoms with van der Waals surface area (Å²) in [5.74, 6) is 1.88. The van der Waals surface area contributed by atoms with Crippen molar-refractivity contribution in [3.8, 4) is 67.8 Å². The molecular formula is C38H27N5. The maximum atomic E-state index is 4.99.